The van der Waals surface area contributed by atoms with Gasteiger partial charge in [-0.15, -0.1) is 0 Å². The molecule has 4 heteroatoms. The molecule has 12 heavy (non-hydrogen) atoms. The van der Waals surface area contributed by atoms with E-state index in [2.05, 4.69) is 4.98 Å². The molecule has 1 rings (SSSR count). The van der Waals surface area contributed by atoms with E-state index in [1.54, 1.807) is 25.3 Å². The van der Waals surface area contributed by atoms with Gasteiger partial charge in [0.1, 0.15) is 5.15 Å². The van der Waals surface area contributed by atoms with Crippen LogP contribution in [0.15, 0.2) is 18.3 Å². The molecule has 1 unspecified atom stereocenters. The van der Waals surface area contributed by atoms with Crippen molar-refractivity contribution in [3.8, 4) is 0 Å². The van der Waals surface area contributed by atoms with Crippen molar-refractivity contribution in [1.29, 1.82) is 0 Å². The van der Waals surface area contributed by atoms with Gasteiger partial charge in [-0.3, -0.25) is 0 Å². The summed E-state index contributed by atoms with van der Waals surface area (Å²) in [5.41, 5.74) is 5.79. The van der Waals surface area contributed by atoms with Gasteiger partial charge in [0.25, 0.3) is 0 Å². The molecular weight excluding hydrogens is 176 g/mol. The van der Waals surface area contributed by atoms with Gasteiger partial charge in [0.15, 0.2) is 0 Å². The van der Waals surface area contributed by atoms with Crippen molar-refractivity contribution in [2.45, 2.75) is 12.5 Å². The standard InChI is InChI=1S/C8H11ClN2O/c1-8(10,5-12)6-2-3-7(9)11-4-6/h2-4,12H,5,10H2,1H3. The molecule has 0 spiro atoms. The maximum Gasteiger partial charge on any atom is 0.129 e. The fourth-order valence-corrected chi connectivity index (χ4v) is 0.917. The Labute approximate surface area is 76.2 Å². The van der Waals surface area contributed by atoms with Crippen LogP contribution < -0.4 is 5.73 Å². The minimum atomic E-state index is -0.739. The van der Waals surface area contributed by atoms with E-state index in [0.717, 1.165) is 5.56 Å². The Hall–Kier alpha value is -0.640. The first-order valence-corrected chi connectivity index (χ1v) is 3.96. The Bertz CT molecular complexity index is 258. The molecule has 3 nitrogen and oxygen atoms in total. The van der Waals surface area contributed by atoms with Gasteiger partial charge in [-0.05, 0) is 18.6 Å². The molecule has 0 bridgehead atoms. The topological polar surface area (TPSA) is 59.1 Å². The number of pyridine rings is 1. The van der Waals surface area contributed by atoms with Crippen molar-refractivity contribution in [2.24, 2.45) is 5.73 Å². The Morgan fingerprint density at radius 1 is 1.67 bits per heavy atom. The van der Waals surface area contributed by atoms with Crippen LogP contribution in [0.5, 0.6) is 0 Å². The summed E-state index contributed by atoms with van der Waals surface area (Å²) in [7, 11) is 0. The second-order valence-electron chi connectivity index (χ2n) is 2.95. The molecule has 0 fully saturated rings. The van der Waals surface area contributed by atoms with E-state index in [1.807, 2.05) is 0 Å². The van der Waals surface area contributed by atoms with Crippen LogP contribution in [0.2, 0.25) is 5.15 Å². The highest BCUT2D eigenvalue weighted by atomic mass is 35.5. The van der Waals surface area contributed by atoms with E-state index in [9.17, 15) is 0 Å². The molecule has 1 aromatic rings. The van der Waals surface area contributed by atoms with Gasteiger partial charge in [0.05, 0.1) is 12.1 Å². The first-order chi connectivity index (χ1) is 5.56. The van der Waals surface area contributed by atoms with Gasteiger partial charge in [0, 0.05) is 6.20 Å². The van der Waals surface area contributed by atoms with Crippen molar-refractivity contribution < 1.29 is 5.11 Å². The van der Waals surface area contributed by atoms with Gasteiger partial charge in [0.2, 0.25) is 0 Å². The van der Waals surface area contributed by atoms with Crippen LogP contribution >= 0.6 is 11.6 Å². The van der Waals surface area contributed by atoms with Crippen LogP contribution in [0.4, 0.5) is 0 Å². The van der Waals surface area contributed by atoms with Crippen LogP contribution in [0, 0.1) is 0 Å². The van der Waals surface area contributed by atoms with Crippen molar-refractivity contribution in [3.63, 3.8) is 0 Å². The van der Waals surface area contributed by atoms with Gasteiger partial charge >= 0.3 is 0 Å². The molecule has 0 radical (unpaired) electrons. The Balaban J connectivity index is 2.96. The zero-order chi connectivity index (χ0) is 9.19. The average Bonchev–Trinajstić information content (AvgIpc) is 2.05. The first-order valence-electron chi connectivity index (χ1n) is 3.58. The number of nitrogens with zero attached hydrogens (tertiary/aromatic N) is 1. The molecule has 0 saturated heterocycles. The fourth-order valence-electron chi connectivity index (χ4n) is 0.805. The quantitative estimate of drug-likeness (QED) is 0.675. The highest BCUT2D eigenvalue weighted by Crippen LogP contribution is 2.16. The number of aromatic nitrogens is 1. The van der Waals surface area contributed by atoms with Crippen LogP contribution in [0.25, 0.3) is 0 Å². The Kier molecular flexibility index (Phi) is 2.67. The number of halogens is 1. The maximum absolute atomic E-state index is 8.93. The molecule has 0 aliphatic rings. The highest BCUT2D eigenvalue weighted by molar-refractivity contribution is 6.29. The maximum atomic E-state index is 8.93. The van der Waals surface area contributed by atoms with E-state index in [4.69, 9.17) is 22.4 Å². The molecule has 3 N–H and O–H groups in total. The van der Waals surface area contributed by atoms with Crippen LogP contribution in [-0.2, 0) is 5.54 Å². The molecule has 0 aliphatic heterocycles. The molecule has 0 saturated carbocycles. The molecule has 1 atom stereocenters. The van der Waals surface area contributed by atoms with Crippen molar-refractivity contribution in [1.82, 2.24) is 4.98 Å². The van der Waals surface area contributed by atoms with E-state index in [1.165, 1.54) is 0 Å². The number of aliphatic hydroxyl groups is 1. The average molecular weight is 187 g/mol. The van der Waals surface area contributed by atoms with E-state index in [0.29, 0.717) is 5.15 Å². The lowest BCUT2D eigenvalue weighted by Crippen LogP contribution is -2.36. The minimum absolute atomic E-state index is 0.115. The lowest BCUT2D eigenvalue weighted by molar-refractivity contribution is 0.210. The fraction of sp³-hybridized carbons (Fsp3) is 0.375. The highest BCUT2D eigenvalue weighted by Gasteiger charge is 2.19. The summed E-state index contributed by atoms with van der Waals surface area (Å²) < 4.78 is 0. The number of nitrogens with two attached hydrogens (primary N) is 1. The molecule has 1 aromatic heterocycles. The lowest BCUT2D eigenvalue weighted by Gasteiger charge is -2.21. The SMILES string of the molecule is CC(N)(CO)c1ccc(Cl)nc1. The summed E-state index contributed by atoms with van der Waals surface area (Å²) in [4.78, 5) is 3.87. The first kappa shape index (κ1) is 9.45. The molecule has 66 valence electrons. The summed E-state index contributed by atoms with van der Waals surface area (Å²) in [5.74, 6) is 0. The smallest absolute Gasteiger partial charge is 0.129 e. The summed E-state index contributed by atoms with van der Waals surface area (Å²) in [5, 5.41) is 9.35. The van der Waals surface area contributed by atoms with Crippen LogP contribution in [-0.4, -0.2) is 16.7 Å². The Morgan fingerprint density at radius 3 is 2.75 bits per heavy atom. The number of rotatable bonds is 2. The van der Waals surface area contributed by atoms with Crippen LogP contribution in [0.3, 0.4) is 0 Å². The third-order valence-corrected chi connectivity index (χ3v) is 1.94. The molecule has 0 aromatic carbocycles. The number of hydrogen-bond acceptors (Lipinski definition) is 3. The third-order valence-electron chi connectivity index (χ3n) is 1.72. The summed E-state index contributed by atoms with van der Waals surface area (Å²) in [6.07, 6.45) is 1.57. The second-order valence-corrected chi connectivity index (χ2v) is 3.33. The second kappa shape index (κ2) is 3.39. The van der Waals surface area contributed by atoms with E-state index >= 15 is 0 Å². The van der Waals surface area contributed by atoms with Gasteiger partial charge in [-0.2, -0.15) is 0 Å². The summed E-state index contributed by atoms with van der Waals surface area (Å²) in [6, 6.07) is 3.41. The monoisotopic (exact) mass is 186 g/mol. The summed E-state index contributed by atoms with van der Waals surface area (Å²) >= 11 is 5.59. The lowest BCUT2D eigenvalue weighted by atomic mass is 9.96. The van der Waals surface area contributed by atoms with Crippen LogP contribution in [0.1, 0.15) is 12.5 Å². The van der Waals surface area contributed by atoms with Crippen molar-refractivity contribution in [2.75, 3.05) is 6.61 Å². The van der Waals surface area contributed by atoms with Gasteiger partial charge < -0.3 is 10.8 Å². The summed E-state index contributed by atoms with van der Waals surface area (Å²) in [6.45, 7) is 1.62. The normalized spacial score (nSPS) is 15.7. The van der Waals surface area contributed by atoms with E-state index in [-0.39, 0.29) is 6.61 Å². The van der Waals surface area contributed by atoms with E-state index < -0.39 is 5.54 Å². The largest absolute Gasteiger partial charge is 0.394 e. The molecular formula is C8H11ClN2O. The molecule has 0 aliphatic carbocycles. The predicted molar refractivity (Wildman–Crippen MR) is 47.9 cm³/mol. The third kappa shape index (κ3) is 1.94. The van der Waals surface area contributed by atoms with Gasteiger partial charge in [-0.1, -0.05) is 17.7 Å². The number of hydrogen-bond donors (Lipinski definition) is 2. The predicted octanol–water partition coefficient (Wildman–Crippen LogP) is 0.901. The molecule has 1 heterocycles. The van der Waals surface area contributed by atoms with Crippen molar-refractivity contribution in [3.05, 3.63) is 29.0 Å². The zero-order valence-electron chi connectivity index (χ0n) is 6.79. The number of aliphatic hydroxyl groups excluding tert-OH is 1. The van der Waals surface area contributed by atoms with Crippen molar-refractivity contribution >= 4 is 11.6 Å². The van der Waals surface area contributed by atoms with Gasteiger partial charge in [-0.25, -0.2) is 4.98 Å². The minimum Gasteiger partial charge on any atom is -0.394 e. The zero-order valence-corrected chi connectivity index (χ0v) is 7.54. The Morgan fingerprint density at radius 2 is 2.33 bits per heavy atom. The molecule has 0 amide bonds.